The minimum Gasteiger partial charge on any atom is -0.496 e. The molecule has 0 spiro atoms. The maximum Gasteiger partial charge on any atom is 0.332 e. The number of hydrogen-bond donors (Lipinski definition) is 0. The molecule has 0 saturated carbocycles. The van der Waals surface area contributed by atoms with Gasteiger partial charge in [0.2, 0.25) is 5.91 Å². The van der Waals surface area contributed by atoms with Gasteiger partial charge in [-0.1, -0.05) is 0 Å². The molecule has 0 bridgehead atoms. The highest BCUT2D eigenvalue weighted by molar-refractivity contribution is 5.82. The lowest BCUT2D eigenvalue weighted by atomic mass is 10.3. The Hall–Kier alpha value is -2.68. The van der Waals surface area contributed by atoms with Crippen LogP contribution in [-0.4, -0.2) is 58.3 Å². The van der Waals surface area contributed by atoms with Gasteiger partial charge >= 0.3 is 5.69 Å². The third-order valence-electron chi connectivity index (χ3n) is 4.06. The summed E-state index contributed by atoms with van der Waals surface area (Å²) >= 11 is 0. The number of aryl methyl sites for hydroxylation is 1. The topological polar surface area (TPSA) is 95.7 Å². The Morgan fingerprint density at radius 1 is 1.33 bits per heavy atom. The molecular formula is C15H18N4O5. The van der Waals surface area contributed by atoms with E-state index in [2.05, 4.69) is 4.98 Å². The number of methoxy groups -OCH3 is 1. The largest absolute Gasteiger partial charge is 0.496 e. The van der Waals surface area contributed by atoms with Gasteiger partial charge in [0, 0.05) is 26.3 Å². The number of pyridine rings is 1. The lowest BCUT2D eigenvalue weighted by Crippen LogP contribution is -2.47. The summed E-state index contributed by atoms with van der Waals surface area (Å²) in [6, 6.07) is 1.54. The summed E-state index contributed by atoms with van der Waals surface area (Å²) in [7, 11) is 2.94. The summed E-state index contributed by atoms with van der Waals surface area (Å²) in [5.74, 6) is 0.0212. The van der Waals surface area contributed by atoms with E-state index in [1.165, 1.54) is 24.9 Å². The van der Waals surface area contributed by atoms with E-state index in [0.29, 0.717) is 32.1 Å². The number of nitrogens with zero attached hydrogens (tertiary/aromatic N) is 4. The number of carbonyl (C=O) groups excluding carboxylic acids is 1. The van der Waals surface area contributed by atoms with Gasteiger partial charge < -0.3 is 14.4 Å². The zero-order valence-corrected chi connectivity index (χ0v) is 13.5. The average molecular weight is 334 g/mol. The summed E-state index contributed by atoms with van der Waals surface area (Å²) in [5, 5.41) is 0.178. The van der Waals surface area contributed by atoms with Crippen LogP contribution < -0.4 is 16.0 Å². The molecule has 1 saturated heterocycles. The van der Waals surface area contributed by atoms with Crippen LogP contribution in [-0.2, 0) is 23.1 Å². The van der Waals surface area contributed by atoms with E-state index in [1.807, 2.05) is 0 Å². The van der Waals surface area contributed by atoms with E-state index in [-0.39, 0.29) is 23.5 Å². The molecule has 1 amide bonds. The Morgan fingerprint density at radius 2 is 2.04 bits per heavy atom. The molecule has 0 aromatic carbocycles. The minimum atomic E-state index is -0.588. The minimum absolute atomic E-state index is 0.178. The molecule has 9 heteroatoms. The SMILES string of the molecule is COc1ccnc2c1c(=O)n(CC(=O)N1CCOCC1)c(=O)n2C. The van der Waals surface area contributed by atoms with Gasteiger partial charge in [-0.25, -0.2) is 14.3 Å². The number of amides is 1. The molecule has 2 aromatic heterocycles. The second-order valence-corrected chi connectivity index (χ2v) is 5.44. The molecule has 0 atom stereocenters. The fraction of sp³-hybridized carbons (Fsp3) is 0.467. The number of aromatic nitrogens is 3. The first-order valence-electron chi connectivity index (χ1n) is 7.52. The molecule has 9 nitrogen and oxygen atoms in total. The monoisotopic (exact) mass is 334 g/mol. The number of fused-ring (bicyclic) bond motifs is 1. The van der Waals surface area contributed by atoms with E-state index in [9.17, 15) is 14.4 Å². The summed E-state index contributed by atoms with van der Waals surface area (Å²) in [6.45, 7) is 1.49. The van der Waals surface area contributed by atoms with E-state index in [4.69, 9.17) is 9.47 Å². The van der Waals surface area contributed by atoms with E-state index >= 15 is 0 Å². The average Bonchev–Trinajstić information content (AvgIpc) is 2.63. The molecule has 128 valence electrons. The van der Waals surface area contributed by atoms with E-state index in [0.717, 1.165) is 4.57 Å². The Kier molecular flexibility index (Phi) is 4.34. The zero-order chi connectivity index (χ0) is 17.3. The van der Waals surface area contributed by atoms with Crippen molar-refractivity contribution >= 4 is 16.9 Å². The predicted octanol–water partition coefficient (Wildman–Crippen LogP) is -1.04. The summed E-state index contributed by atoms with van der Waals surface area (Å²) in [4.78, 5) is 43.3. The Morgan fingerprint density at radius 3 is 2.71 bits per heavy atom. The van der Waals surface area contributed by atoms with Crippen LogP contribution >= 0.6 is 0 Å². The molecule has 3 heterocycles. The molecule has 0 aliphatic carbocycles. The van der Waals surface area contributed by atoms with Crippen LogP contribution in [0.15, 0.2) is 21.9 Å². The number of carbonyl (C=O) groups is 1. The number of ether oxygens (including phenoxy) is 2. The fourth-order valence-electron chi connectivity index (χ4n) is 2.74. The summed E-state index contributed by atoms with van der Waals surface area (Å²) in [5.41, 5.74) is -0.950. The predicted molar refractivity (Wildman–Crippen MR) is 85.2 cm³/mol. The van der Waals surface area contributed by atoms with Crippen molar-refractivity contribution in [2.45, 2.75) is 6.54 Å². The van der Waals surface area contributed by atoms with Crippen LogP contribution in [0.4, 0.5) is 0 Å². The van der Waals surface area contributed by atoms with Gasteiger partial charge in [0.25, 0.3) is 5.56 Å². The van der Waals surface area contributed by atoms with Crippen LogP contribution in [0.25, 0.3) is 11.0 Å². The van der Waals surface area contributed by atoms with Crippen molar-refractivity contribution in [2.24, 2.45) is 7.05 Å². The quantitative estimate of drug-likeness (QED) is 0.712. The van der Waals surface area contributed by atoms with Gasteiger partial charge in [-0.2, -0.15) is 0 Å². The third kappa shape index (κ3) is 2.67. The van der Waals surface area contributed by atoms with Crippen molar-refractivity contribution in [3.05, 3.63) is 33.1 Å². The van der Waals surface area contributed by atoms with Crippen LogP contribution in [0, 0.1) is 0 Å². The second-order valence-electron chi connectivity index (χ2n) is 5.44. The van der Waals surface area contributed by atoms with E-state index in [1.54, 1.807) is 11.0 Å². The molecule has 0 radical (unpaired) electrons. The highest BCUT2D eigenvalue weighted by atomic mass is 16.5. The third-order valence-corrected chi connectivity index (χ3v) is 4.06. The van der Waals surface area contributed by atoms with Gasteiger partial charge in [0.05, 0.1) is 20.3 Å². The molecule has 1 aliphatic rings. The van der Waals surface area contributed by atoms with Crippen LogP contribution in [0.3, 0.4) is 0 Å². The highest BCUT2D eigenvalue weighted by Gasteiger charge is 2.21. The van der Waals surface area contributed by atoms with Crippen molar-refractivity contribution in [3.63, 3.8) is 0 Å². The Balaban J connectivity index is 2.09. The smallest absolute Gasteiger partial charge is 0.332 e. The van der Waals surface area contributed by atoms with Gasteiger partial charge in [-0.05, 0) is 6.07 Å². The van der Waals surface area contributed by atoms with Crippen LogP contribution in [0.5, 0.6) is 5.75 Å². The maximum atomic E-state index is 12.7. The molecule has 1 aliphatic heterocycles. The van der Waals surface area contributed by atoms with Gasteiger partial charge in [0.1, 0.15) is 17.7 Å². The molecule has 0 N–H and O–H groups in total. The summed E-state index contributed by atoms with van der Waals surface area (Å²) in [6.07, 6.45) is 1.46. The Bertz CT molecular complexity index is 895. The van der Waals surface area contributed by atoms with Crippen LogP contribution in [0.2, 0.25) is 0 Å². The standard InChI is InChI=1S/C15H18N4O5/c1-17-13-12(10(23-2)3-4-16-13)14(21)19(15(17)22)9-11(20)18-5-7-24-8-6-18/h3-4H,5-9H2,1-2H3. The van der Waals surface area contributed by atoms with Gasteiger partial charge in [0.15, 0.2) is 5.65 Å². The van der Waals surface area contributed by atoms with Crippen LogP contribution in [0.1, 0.15) is 0 Å². The normalized spacial score (nSPS) is 14.8. The van der Waals surface area contributed by atoms with Gasteiger partial charge in [-0.15, -0.1) is 0 Å². The van der Waals surface area contributed by atoms with Crippen molar-refractivity contribution in [1.82, 2.24) is 19.0 Å². The number of rotatable bonds is 3. The molecule has 0 unspecified atom stereocenters. The van der Waals surface area contributed by atoms with E-state index < -0.39 is 11.2 Å². The molecule has 24 heavy (non-hydrogen) atoms. The molecular weight excluding hydrogens is 316 g/mol. The molecule has 3 rings (SSSR count). The first-order valence-corrected chi connectivity index (χ1v) is 7.52. The van der Waals surface area contributed by atoms with Crippen molar-refractivity contribution in [2.75, 3.05) is 33.4 Å². The lowest BCUT2D eigenvalue weighted by Gasteiger charge is -2.27. The molecule has 1 fully saturated rings. The first-order chi connectivity index (χ1) is 11.5. The maximum absolute atomic E-state index is 12.7. The lowest BCUT2D eigenvalue weighted by molar-refractivity contribution is -0.136. The van der Waals surface area contributed by atoms with Gasteiger partial charge in [-0.3, -0.25) is 14.2 Å². The number of morpholine rings is 1. The highest BCUT2D eigenvalue weighted by Crippen LogP contribution is 2.18. The number of hydrogen-bond acceptors (Lipinski definition) is 6. The zero-order valence-electron chi connectivity index (χ0n) is 13.5. The van der Waals surface area contributed by atoms with Crippen molar-refractivity contribution in [3.8, 4) is 5.75 Å². The Labute approximate surface area is 137 Å². The van der Waals surface area contributed by atoms with Crippen molar-refractivity contribution < 1.29 is 14.3 Å². The summed E-state index contributed by atoms with van der Waals surface area (Å²) < 4.78 is 12.6. The van der Waals surface area contributed by atoms with Crippen molar-refractivity contribution in [1.29, 1.82) is 0 Å². The first kappa shape index (κ1) is 16.2. The second kappa shape index (κ2) is 6.44. The molecule has 2 aromatic rings. The fourth-order valence-corrected chi connectivity index (χ4v) is 2.74.